The lowest BCUT2D eigenvalue weighted by Gasteiger charge is -2.33. The third kappa shape index (κ3) is 7.05. The van der Waals surface area contributed by atoms with Crippen molar-refractivity contribution in [1.82, 2.24) is 5.06 Å². The van der Waals surface area contributed by atoms with E-state index in [0.29, 0.717) is 0 Å². The Labute approximate surface area is 124 Å². The van der Waals surface area contributed by atoms with E-state index in [0.717, 1.165) is 12.0 Å². The molecule has 0 saturated heterocycles. The highest BCUT2D eigenvalue weighted by atomic mass is 16.8. The maximum absolute atomic E-state index is 11.9. The summed E-state index contributed by atoms with van der Waals surface area (Å²) in [5.41, 5.74) is 0. The van der Waals surface area contributed by atoms with Crippen LogP contribution in [0.5, 0.6) is 0 Å². The molecule has 8 heteroatoms. The molecule has 0 rings (SSSR count). The van der Waals surface area contributed by atoms with Gasteiger partial charge in [-0.15, -0.1) is 0 Å². The number of ether oxygens (including phenoxy) is 3. The van der Waals surface area contributed by atoms with Crippen molar-refractivity contribution in [3.05, 3.63) is 0 Å². The minimum atomic E-state index is -1.33. The van der Waals surface area contributed by atoms with E-state index >= 15 is 0 Å². The second-order valence-corrected chi connectivity index (χ2v) is 4.48. The van der Waals surface area contributed by atoms with E-state index in [1.807, 2.05) is 0 Å². The molecule has 0 heterocycles. The zero-order valence-electron chi connectivity index (χ0n) is 13.2. The molecule has 0 radical (unpaired) electrons. The normalized spacial score (nSPS) is 13.7. The first-order valence-electron chi connectivity index (χ1n) is 6.60. The van der Waals surface area contributed by atoms with Gasteiger partial charge in [0.05, 0.1) is 13.2 Å². The van der Waals surface area contributed by atoms with Crippen LogP contribution in [0.1, 0.15) is 41.0 Å². The number of methoxy groups -OCH3 is 1. The minimum absolute atomic E-state index is 0.280. The van der Waals surface area contributed by atoms with Gasteiger partial charge < -0.3 is 19.0 Å². The van der Waals surface area contributed by atoms with Gasteiger partial charge in [0.25, 0.3) is 0 Å². The molecule has 0 aliphatic carbocycles. The number of carbonyl (C=O) groups is 3. The van der Waals surface area contributed by atoms with Crippen LogP contribution in [0, 0.1) is 0 Å². The van der Waals surface area contributed by atoms with Crippen LogP contribution < -0.4 is 0 Å². The van der Waals surface area contributed by atoms with Crippen LogP contribution in [-0.2, 0) is 33.4 Å². The first-order chi connectivity index (χ1) is 9.72. The Hall–Kier alpha value is -1.67. The van der Waals surface area contributed by atoms with Crippen LogP contribution in [0.3, 0.4) is 0 Å². The summed E-state index contributed by atoms with van der Waals surface area (Å²) in [6.45, 7) is 7.49. The smallest absolute Gasteiger partial charge is 0.353 e. The SMILES string of the molecule is CC[C@@H](OC(C)=O)N(OC(C)=O)C(OC(C)C)C(=O)OC. The van der Waals surface area contributed by atoms with E-state index in [1.54, 1.807) is 20.8 Å². The maximum Gasteiger partial charge on any atom is 0.353 e. The molecule has 0 N–H and O–H groups in total. The molecule has 0 aliphatic heterocycles. The van der Waals surface area contributed by atoms with E-state index in [9.17, 15) is 14.4 Å². The van der Waals surface area contributed by atoms with Crippen LogP contribution >= 0.6 is 0 Å². The van der Waals surface area contributed by atoms with Gasteiger partial charge in [-0.05, 0) is 20.3 Å². The van der Waals surface area contributed by atoms with Crippen LogP contribution in [0.4, 0.5) is 0 Å². The molecule has 0 fully saturated rings. The number of carbonyl (C=O) groups excluding carboxylic acids is 3. The molecule has 0 spiro atoms. The Bertz CT molecular complexity index is 370. The molecule has 0 bridgehead atoms. The van der Waals surface area contributed by atoms with Gasteiger partial charge in [0.15, 0.2) is 6.23 Å². The molecule has 0 aromatic rings. The molecular weight excluding hydrogens is 282 g/mol. The average Bonchev–Trinajstić information content (AvgIpc) is 2.38. The zero-order chi connectivity index (χ0) is 16.6. The summed E-state index contributed by atoms with van der Waals surface area (Å²) in [5.74, 6) is -2.02. The Morgan fingerprint density at radius 2 is 1.67 bits per heavy atom. The first kappa shape index (κ1) is 19.3. The van der Waals surface area contributed by atoms with Gasteiger partial charge in [0.1, 0.15) is 0 Å². The minimum Gasteiger partial charge on any atom is -0.466 e. The largest absolute Gasteiger partial charge is 0.466 e. The quantitative estimate of drug-likeness (QED) is 0.372. The van der Waals surface area contributed by atoms with Crippen LogP contribution in [0.2, 0.25) is 0 Å². The van der Waals surface area contributed by atoms with Crippen molar-refractivity contribution >= 4 is 17.9 Å². The molecular formula is C13H23NO7. The second kappa shape index (κ2) is 9.30. The van der Waals surface area contributed by atoms with Gasteiger partial charge in [-0.2, -0.15) is 0 Å². The van der Waals surface area contributed by atoms with Crippen molar-refractivity contribution in [2.75, 3.05) is 7.11 Å². The van der Waals surface area contributed by atoms with E-state index in [4.69, 9.17) is 14.3 Å². The molecule has 0 aromatic heterocycles. The summed E-state index contributed by atoms with van der Waals surface area (Å²) in [6.07, 6.45) is -2.36. The van der Waals surface area contributed by atoms with Gasteiger partial charge in [0, 0.05) is 13.8 Å². The van der Waals surface area contributed by atoms with Crippen LogP contribution in [0.25, 0.3) is 0 Å². The zero-order valence-corrected chi connectivity index (χ0v) is 13.2. The fourth-order valence-electron chi connectivity index (χ4n) is 1.49. The summed E-state index contributed by atoms with van der Waals surface area (Å²) >= 11 is 0. The van der Waals surface area contributed by atoms with E-state index in [1.165, 1.54) is 14.0 Å². The Balaban J connectivity index is 5.41. The lowest BCUT2D eigenvalue weighted by molar-refractivity contribution is -0.298. The molecule has 0 aliphatic rings. The summed E-state index contributed by atoms with van der Waals surface area (Å²) in [6, 6.07) is 0. The van der Waals surface area contributed by atoms with Crippen molar-refractivity contribution < 1.29 is 33.4 Å². The third-order valence-corrected chi connectivity index (χ3v) is 2.20. The number of hydroxylamine groups is 2. The number of esters is 2. The van der Waals surface area contributed by atoms with Crippen LogP contribution in [0.15, 0.2) is 0 Å². The average molecular weight is 305 g/mol. The summed E-state index contributed by atoms with van der Waals surface area (Å²) in [5, 5.41) is 0.898. The first-order valence-corrected chi connectivity index (χ1v) is 6.60. The highest BCUT2D eigenvalue weighted by Crippen LogP contribution is 2.16. The fraction of sp³-hybridized carbons (Fsp3) is 0.769. The highest BCUT2D eigenvalue weighted by Gasteiger charge is 2.38. The van der Waals surface area contributed by atoms with E-state index in [2.05, 4.69) is 4.74 Å². The number of hydrogen-bond acceptors (Lipinski definition) is 8. The third-order valence-electron chi connectivity index (χ3n) is 2.20. The monoisotopic (exact) mass is 305 g/mol. The number of rotatable bonds is 8. The topological polar surface area (TPSA) is 91.4 Å². The number of nitrogens with zero attached hydrogens (tertiary/aromatic N) is 1. The van der Waals surface area contributed by atoms with Gasteiger partial charge in [-0.1, -0.05) is 12.0 Å². The molecule has 0 saturated carbocycles. The molecule has 2 atom stereocenters. The predicted octanol–water partition coefficient (Wildman–Crippen LogP) is 0.990. The van der Waals surface area contributed by atoms with Gasteiger partial charge >= 0.3 is 17.9 Å². The summed E-state index contributed by atoms with van der Waals surface area (Å²) in [4.78, 5) is 39.2. The van der Waals surface area contributed by atoms with Gasteiger partial charge in [0.2, 0.25) is 6.23 Å². The Morgan fingerprint density at radius 1 is 1.10 bits per heavy atom. The molecule has 0 amide bonds. The van der Waals surface area contributed by atoms with Crippen molar-refractivity contribution in [3.63, 3.8) is 0 Å². The fourth-order valence-corrected chi connectivity index (χ4v) is 1.49. The van der Waals surface area contributed by atoms with E-state index < -0.39 is 30.4 Å². The summed E-state index contributed by atoms with van der Waals surface area (Å²) < 4.78 is 15.1. The van der Waals surface area contributed by atoms with Crippen molar-refractivity contribution in [2.24, 2.45) is 0 Å². The molecule has 0 aromatic carbocycles. The van der Waals surface area contributed by atoms with Crippen molar-refractivity contribution in [3.8, 4) is 0 Å². The highest BCUT2D eigenvalue weighted by molar-refractivity contribution is 5.74. The second-order valence-electron chi connectivity index (χ2n) is 4.48. The van der Waals surface area contributed by atoms with Crippen LogP contribution in [-0.4, -0.2) is 48.6 Å². The Kier molecular flexibility index (Phi) is 8.56. The predicted molar refractivity (Wildman–Crippen MR) is 71.5 cm³/mol. The standard InChI is InChI=1S/C13H23NO7/c1-7-11(20-9(4)15)14(21-10(5)16)12(13(17)18-6)19-8(2)3/h8,11-12H,7H2,1-6H3/t11-,12?/m1/s1. The molecule has 21 heavy (non-hydrogen) atoms. The van der Waals surface area contributed by atoms with Gasteiger partial charge in [-0.3, -0.25) is 9.59 Å². The van der Waals surface area contributed by atoms with Crippen molar-refractivity contribution in [1.29, 1.82) is 0 Å². The summed E-state index contributed by atoms with van der Waals surface area (Å²) in [7, 11) is 1.18. The number of hydrogen-bond donors (Lipinski definition) is 0. The van der Waals surface area contributed by atoms with E-state index in [-0.39, 0.29) is 12.5 Å². The lowest BCUT2D eigenvalue weighted by atomic mass is 10.3. The maximum atomic E-state index is 11.9. The van der Waals surface area contributed by atoms with Gasteiger partial charge in [-0.25, -0.2) is 4.79 Å². The van der Waals surface area contributed by atoms with Crippen molar-refractivity contribution in [2.45, 2.75) is 59.6 Å². The molecule has 1 unspecified atom stereocenters. The molecule has 122 valence electrons. The Morgan fingerprint density at radius 3 is 2.00 bits per heavy atom. The molecule has 8 nitrogen and oxygen atoms in total. The lowest BCUT2D eigenvalue weighted by Crippen LogP contribution is -2.52.